The minimum absolute atomic E-state index is 0.00781. The van der Waals surface area contributed by atoms with E-state index in [0.29, 0.717) is 6.42 Å². The molecule has 0 aromatic carbocycles. The van der Waals surface area contributed by atoms with E-state index < -0.39 is 47.2 Å². The van der Waals surface area contributed by atoms with E-state index in [2.05, 4.69) is 0 Å². The predicted molar refractivity (Wildman–Crippen MR) is 99.5 cm³/mol. The van der Waals surface area contributed by atoms with E-state index in [1.807, 2.05) is 0 Å². The summed E-state index contributed by atoms with van der Waals surface area (Å²) in [6.07, 6.45) is -2.70. The van der Waals surface area contributed by atoms with Gasteiger partial charge in [-0.05, 0) is 26.2 Å². The summed E-state index contributed by atoms with van der Waals surface area (Å²) >= 11 is 6.17. The molecule has 29 heavy (non-hydrogen) atoms. The molecule has 162 valence electrons. The fourth-order valence-corrected chi connectivity index (χ4v) is 5.54. The number of methoxy groups -OCH3 is 1. The summed E-state index contributed by atoms with van der Waals surface area (Å²) in [5, 5.41) is 10.8. The molecule has 0 spiro atoms. The van der Waals surface area contributed by atoms with Crippen molar-refractivity contribution in [3.05, 3.63) is 0 Å². The number of hydrogen-bond acceptors (Lipinski definition) is 8. The van der Waals surface area contributed by atoms with Crippen LogP contribution in [0.2, 0.25) is 0 Å². The zero-order valence-electron chi connectivity index (χ0n) is 16.8. The first-order chi connectivity index (χ1) is 13.6. The largest absolute Gasteiger partial charge is 0.467 e. The van der Waals surface area contributed by atoms with Crippen LogP contribution in [-0.4, -0.2) is 76.9 Å². The molecule has 0 aromatic heterocycles. The summed E-state index contributed by atoms with van der Waals surface area (Å²) in [6, 6.07) is 0. The molecule has 4 saturated heterocycles. The number of fused-ring (bicyclic) bond motifs is 6. The summed E-state index contributed by atoms with van der Waals surface area (Å²) in [5.41, 5.74) is -3.22. The third-order valence-electron chi connectivity index (χ3n) is 6.92. The topological polar surface area (TPSA) is 112 Å². The molecule has 0 aromatic rings. The molecule has 1 N–H and O–H groups in total. The lowest BCUT2D eigenvalue weighted by Crippen LogP contribution is -2.46. The first kappa shape index (κ1) is 21.2. The molecular formula is C20H27ClO8. The molecule has 8 unspecified atom stereocenters. The van der Waals surface area contributed by atoms with Gasteiger partial charge in [-0.2, -0.15) is 0 Å². The van der Waals surface area contributed by atoms with Crippen LogP contribution in [0.4, 0.5) is 0 Å². The first-order valence-corrected chi connectivity index (χ1v) is 10.5. The molecule has 8 atom stereocenters. The fraction of sp³-hybridized carbons (Fsp3) is 0.850. The van der Waals surface area contributed by atoms with Crippen LogP contribution in [-0.2, 0) is 33.3 Å². The summed E-state index contributed by atoms with van der Waals surface area (Å²) in [5.74, 6) is -1.02. The second-order valence-electron chi connectivity index (χ2n) is 9.23. The number of epoxide rings is 1. The molecule has 9 heteroatoms. The number of alkyl halides is 1. The van der Waals surface area contributed by atoms with Crippen molar-refractivity contribution in [2.75, 3.05) is 13.0 Å². The molecule has 4 aliphatic rings. The summed E-state index contributed by atoms with van der Waals surface area (Å²) in [4.78, 5) is 37.8. The lowest BCUT2D eigenvalue weighted by molar-refractivity contribution is -0.155. The fourth-order valence-electron chi connectivity index (χ4n) is 5.26. The molecule has 4 bridgehead atoms. The predicted octanol–water partition coefficient (Wildman–Crippen LogP) is 0.930. The first-order valence-electron chi connectivity index (χ1n) is 9.97. The Hall–Kier alpha value is -1.06. The number of carbonyl (C=O) groups is 3. The lowest BCUT2D eigenvalue weighted by atomic mass is 9.81. The van der Waals surface area contributed by atoms with Gasteiger partial charge in [0.25, 0.3) is 0 Å². The number of aliphatic hydroxyl groups excluding tert-OH is 1. The highest BCUT2D eigenvalue weighted by atomic mass is 35.5. The maximum atomic E-state index is 12.7. The second-order valence-corrected chi connectivity index (χ2v) is 9.49. The van der Waals surface area contributed by atoms with Gasteiger partial charge in [0, 0.05) is 25.7 Å². The number of aliphatic hydroxyl groups is 1. The molecular weight excluding hydrogens is 404 g/mol. The number of hydrogen-bond donors (Lipinski definition) is 1. The number of rotatable bonds is 2. The van der Waals surface area contributed by atoms with E-state index in [4.69, 9.17) is 30.5 Å². The number of halogens is 1. The van der Waals surface area contributed by atoms with Crippen molar-refractivity contribution in [3.63, 3.8) is 0 Å². The van der Waals surface area contributed by atoms with Crippen LogP contribution in [0.15, 0.2) is 0 Å². The Morgan fingerprint density at radius 3 is 2.62 bits per heavy atom. The molecule has 0 amide bonds. The van der Waals surface area contributed by atoms with Crippen molar-refractivity contribution in [2.45, 2.75) is 87.2 Å². The summed E-state index contributed by atoms with van der Waals surface area (Å²) < 4.78 is 22.8. The number of Topliss-reactive ketones (excluding diaryl/α,β-unsaturated/α-hetero) is 2. The van der Waals surface area contributed by atoms with Gasteiger partial charge in [-0.25, -0.2) is 4.79 Å². The Morgan fingerprint density at radius 1 is 1.24 bits per heavy atom. The zero-order valence-corrected chi connectivity index (χ0v) is 17.6. The van der Waals surface area contributed by atoms with Crippen molar-refractivity contribution >= 4 is 29.1 Å². The Morgan fingerprint density at radius 2 is 1.97 bits per heavy atom. The van der Waals surface area contributed by atoms with Crippen molar-refractivity contribution in [2.24, 2.45) is 5.92 Å². The highest BCUT2D eigenvalue weighted by Crippen LogP contribution is 2.54. The van der Waals surface area contributed by atoms with Crippen LogP contribution >= 0.6 is 11.6 Å². The van der Waals surface area contributed by atoms with Gasteiger partial charge in [-0.3, -0.25) is 9.59 Å². The van der Waals surface area contributed by atoms with E-state index in [-0.39, 0.29) is 49.0 Å². The molecule has 0 aliphatic carbocycles. The number of carbonyl (C=O) groups excluding carboxylic acids is 3. The van der Waals surface area contributed by atoms with E-state index in [0.717, 1.165) is 0 Å². The average Bonchev–Trinajstić information content (AvgIpc) is 3.25. The maximum absolute atomic E-state index is 12.7. The Balaban J connectivity index is 1.71. The van der Waals surface area contributed by atoms with Gasteiger partial charge in [-0.1, -0.05) is 0 Å². The minimum atomic E-state index is -1.45. The third kappa shape index (κ3) is 3.33. The van der Waals surface area contributed by atoms with E-state index >= 15 is 0 Å². The Bertz CT molecular complexity index is 742. The van der Waals surface area contributed by atoms with Crippen LogP contribution in [0.5, 0.6) is 0 Å². The molecule has 4 fully saturated rings. The van der Waals surface area contributed by atoms with Gasteiger partial charge < -0.3 is 24.1 Å². The molecule has 8 nitrogen and oxygen atoms in total. The second kappa shape index (κ2) is 6.99. The van der Waals surface area contributed by atoms with Gasteiger partial charge in [0.2, 0.25) is 5.60 Å². The van der Waals surface area contributed by atoms with E-state index in [1.165, 1.54) is 7.11 Å². The van der Waals surface area contributed by atoms with Crippen LogP contribution in [0.3, 0.4) is 0 Å². The average molecular weight is 431 g/mol. The lowest BCUT2D eigenvalue weighted by Gasteiger charge is -2.30. The van der Waals surface area contributed by atoms with Crippen molar-refractivity contribution in [1.82, 2.24) is 0 Å². The van der Waals surface area contributed by atoms with Crippen LogP contribution < -0.4 is 0 Å². The zero-order chi connectivity index (χ0) is 21.2. The standard InChI is InChI=1S/C20H27ClO8/c1-18-7-12(23)14(27-18)6-11(22)4-10-5-15(28-19(10,2)9-21)20(17(25)26-3)16(29-20)13(24)8-18/h10,13-16,24H,4-9H2,1-3H3. The molecule has 0 saturated carbocycles. The summed E-state index contributed by atoms with van der Waals surface area (Å²) in [7, 11) is 1.25. The Kier molecular flexibility index (Phi) is 5.10. The highest BCUT2D eigenvalue weighted by molar-refractivity contribution is 6.18. The van der Waals surface area contributed by atoms with Crippen molar-refractivity contribution in [1.29, 1.82) is 0 Å². The monoisotopic (exact) mass is 430 g/mol. The SMILES string of the molecule is COC(=O)C12OC1C(O)CC1(C)CC(=O)C(CC(=O)CC3CC2OC3(C)CCl)O1. The molecule has 0 radical (unpaired) electrons. The van der Waals surface area contributed by atoms with Crippen LogP contribution in [0, 0.1) is 5.92 Å². The Labute approximate surface area is 174 Å². The van der Waals surface area contributed by atoms with Gasteiger partial charge in [0.15, 0.2) is 5.78 Å². The quantitative estimate of drug-likeness (QED) is 0.391. The molecule has 4 heterocycles. The normalized spacial score (nSPS) is 49.6. The molecule has 4 rings (SSSR count). The van der Waals surface area contributed by atoms with Crippen LogP contribution in [0.25, 0.3) is 0 Å². The van der Waals surface area contributed by atoms with Crippen molar-refractivity contribution < 1.29 is 38.4 Å². The number of ketones is 2. The maximum Gasteiger partial charge on any atom is 0.343 e. The smallest absolute Gasteiger partial charge is 0.343 e. The highest BCUT2D eigenvalue weighted by Gasteiger charge is 2.74. The van der Waals surface area contributed by atoms with Gasteiger partial charge in [0.05, 0.1) is 30.3 Å². The minimum Gasteiger partial charge on any atom is -0.467 e. The van der Waals surface area contributed by atoms with E-state index in [9.17, 15) is 19.5 Å². The van der Waals surface area contributed by atoms with Crippen molar-refractivity contribution in [3.8, 4) is 0 Å². The summed E-state index contributed by atoms with van der Waals surface area (Å²) in [6.45, 7) is 3.53. The van der Waals surface area contributed by atoms with Crippen LogP contribution in [0.1, 0.15) is 46.0 Å². The molecule has 4 aliphatic heterocycles. The number of esters is 1. The van der Waals surface area contributed by atoms with Gasteiger partial charge in [-0.15, -0.1) is 11.6 Å². The third-order valence-corrected chi connectivity index (χ3v) is 7.45. The van der Waals surface area contributed by atoms with Gasteiger partial charge in [0.1, 0.15) is 24.1 Å². The number of ether oxygens (including phenoxy) is 4. The van der Waals surface area contributed by atoms with E-state index in [1.54, 1.807) is 13.8 Å². The van der Waals surface area contributed by atoms with Gasteiger partial charge >= 0.3 is 5.97 Å².